The number of rotatable bonds is 1. The lowest BCUT2D eigenvalue weighted by molar-refractivity contribution is 0.0871. The average Bonchev–Trinajstić information content (AvgIpc) is 2.78. The minimum atomic E-state index is -3.45. The maximum absolute atomic E-state index is 12.5. The number of aromatic nitrogens is 1. The van der Waals surface area contributed by atoms with E-state index in [9.17, 15) is 13.2 Å². The second kappa shape index (κ2) is 4.56. The molecule has 0 atom stereocenters. The number of amides is 1. The highest BCUT2D eigenvalue weighted by Crippen LogP contribution is 2.24. The molecule has 1 amide bonds. The van der Waals surface area contributed by atoms with Gasteiger partial charge in [0.15, 0.2) is 0 Å². The van der Waals surface area contributed by atoms with Crippen LogP contribution in [0.3, 0.4) is 0 Å². The summed E-state index contributed by atoms with van der Waals surface area (Å²) in [5, 5.41) is 0.694. The molecule has 0 N–H and O–H groups in total. The summed E-state index contributed by atoms with van der Waals surface area (Å²) >= 11 is 0. The van der Waals surface area contributed by atoms with E-state index in [1.54, 1.807) is 30.5 Å². The monoisotopic (exact) mass is 290 g/mol. The molecule has 1 aromatic heterocycles. The summed E-state index contributed by atoms with van der Waals surface area (Å²) in [6, 6.07) is 7.02. The van der Waals surface area contributed by atoms with Gasteiger partial charge >= 0.3 is 0 Å². The molecular weight excluding hydrogens is 276 g/mol. The van der Waals surface area contributed by atoms with Crippen LogP contribution < -0.4 is 0 Å². The molecule has 0 unspecified atom stereocenters. The average molecular weight is 290 g/mol. The fourth-order valence-corrected chi connectivity index (χ4v) is 3.98. The van der Waals surface area contributed by atoms with Crippen molar-refractivity contribution in [2.24, 2.45) is 0 Å². The van der Waals surface area contributed by atoms with Crippen LogP contribution in [-0.2, 0) is 10.0 Å². The maximum atomic E-state index is 12.5. The first kappa shape index (κ1) is 13.1. The van der Waals surface area contributed by atoms with Crippen molar-refractivity contribution in [2.45, 2.75) is 13.3 Å². The van der Waals surface area contributed by atoms with E-state index < -0.39 is 15.9 Å². The zero-order chi connectivity index (χ0) is 14.3. The summed E-state index contributed by atoms with van der Waals surface area (Å²) in [5.41, 5.74) is 2.08. The zero-order valence-electron chi connectivity index (χ0n) is 11.0. The van der Waals surface area contributed by atoms with Crippen LogP contribution in [0.4, 0.5) is 0 Å². The number of carbonyl (C=O) groups is 1. The van der Waals surface area contributed by atoms with E-state index in [-0.39, 0.29) is 12.3 Å². The quantitative estimate of drug-likeness (QED) is 0.802. The van der Waals surface area contributed by atoms with Crippen molar-refractivity contribution in [2.75, 3.05) is 12.3 Å². The van der Waals surface area contributed by atoms with E-state index in [0.29, 0.717) is 17.4 Å². The molecule has 20 heavy (non-hydrogen) atoms. The molecule has 6 heteroatoms. The summed E-state index contributed by atoms with van der Waals surface area (Å²) < 4.78 is 24.7. The van der Waals surface area contributed by atoms with Crippen LogP contribution in [0, 0.1) is 6.92 Å². The van der Waals surface area contributed by atoms with E-state index in [4.69, 9.17) is 0 Å². The standard InChI is InChI=1S/C14H14N2O3S/c1-10-5-6-12(11-4-2-7-15-13(10)11)14(17)16-8-3-9-20(16,18)19/h2,4-7H,3,8-9H2,1H3. The molecule has 0 saturated carbocycles. The molecule has 1 aliphatic heterocycles. The molecule has 1 aromatic carbocycles. The van der Waals surface area contributed by atoms with E-state index in [1.165, 1.54) is 0 Å². The van der Waals surface area contributed by atoms with Gasteiger partial charge in [0.2, 0.25) is 10.0 Å². The van der Waals surface area contributed by atoms with E-state index in [0.717, 1.165) is 15.4 Å². The lowest BCUT2D eigenvalue weighted by Crippen LogP contribution is -2.32. The highest BCUT2D eigenvalue weighted by Gasteiger charge is 2.33. The van der Waals surface area contributed by atoms with Crippen LogP contribution in [0.2, 0.25) is 0 Å². The van der Waals surface area contributed by atoms with Crippen LogP contribution in [0.25, 0.3) is 10.9 Å². The van der Waals surface area contributed by atoms with Gasteiger partial charge in [0, 0.05) is 23.7 Å². The van der Waals surface area contributed by atoms with Gasteiger partial charge in [0.05, 0.1) is 11.3 Å². The molecule has 0 spiro atoms. The Hall–Kier alpha value is -1.95. The predicted molar refractivity (Wildman–Crippen MR) is 75.9 cm³/mol. The van der Waals surface area contributed by atoms with Crippen LogP contribution in [-0.4, -0.2) is 35.9 Å². The molecule has 104 valence electrons. The number of hydrogen-bond donors (Lipinski definition) is 0. The molecule has 3 rings (SSSR count). The second-order valence-corrected chi connectivity index (χ2v) is 6.89. The van der Waals surface area contributed by atoms with E-state index in [1.807, 2.05) is 6.92 Å². The van der Waals surface area contributed by atoms with Crippen LogP contribution in [0.5, 0.6) is 0 Å². The third-order valence-electron chi connectivity index (χ3n) is 3.53. The van der Waals surface area contributed by atoms with Crippen molar-refractivity contribution in [3.8, 4) is 0 Å². The minimum absolute atomic E-state index is 0.0424. The lowest BCUT2D eigenvalue weighted by atomic mass is 10.0. The van der Waals surface area contributed by atoms with Gasteiger partial charge in [-0.2, -0.15) is 0 Å². The molecular formula is C14H14N2O3S. The third kappa shape index (κ3) is 1.96. The minimum Gasteiger partial charge on any atom is -0.268 e. The Morgan fingerprint density at radius 1 is 1.30 bits per heavy atom. The summed E-state index contributed by atoms with van der Waals surface area (Å²) in [5.74, 6) is -0.415. The van der Waals surface area contributed by atoms with Gasteiger partial charge in [0.1, 0.15) is 0 Å². The summed E-state index contributed by atoms with van der Waals surface area (Å²) in [7, 11) is -3.45. The molecule has 0 aliphatic carbocycles. The van der Waals surface area contributed by atoms with Gasteiger partial charge in [-0.1, -0.05) is 12.1 Å². The predicted octanol–water partition coefficient (Wildman–Crippen LogP) is 1.72. The highest BCUT2D eigenvalue weighted by molar-refractivity contribution is 7.89. The number of carbonyl (C=O) groups excluding carboxylic acids is 1. The van der Waals surface area contributed by atoms with Crippen molar-refractivity contribution in [3.63, 3.8) is 0 Å². The van der Waals surface area contributed by atoms with Crippen molar-refractivity contribution in [3.05, 3.63) is 41.6 Å². The maximum Gasteiger partial charge on any atom is 0.268 e. The topological polar surface area (TPSA) is 67.3 Å². The molecule has 1 aliphatic rings. The van der Waals surface area contributed by atoms with Crippen LogP contribution >= 0.6 is 0 Å². The Labute approximate surface area is 117 Å². The molecule has 1 saturated heterocycles. The Morgan fingerprint density at radius 3 is 2.80 bits per heavy atom. The molecule has 5 nitrogen and oxygen atoms in total. The number of aryl methyl sites for hydroxylation is 1. The Bertz CT molecular complexity index is 799. The number of pyridine rings is 1. The summed E-state index contributed by atoms with van der Waals surface area (Å²) in [6.07, 6.45) is 2.16. The first-order valence-corrected chi connectivity index (χ1v) is 8.01. The first-order valence-electron chi connectivity index (χ1n) is 6.40. The Morgan fingerprint density at radius 2 is 2.10 bits per heavy atom. The molecule has 1 fully saturated rings. The number of sulfonamides is 1. The van der Waals surface area contributed by atoms with Crippen LogP contribution in [0.15, 0.2) is 30.5 Å². The fourth-order valence-electron chi connectivity index (χ4n) is 2.50. The smallest absolute Gasteiger partial charge is 0.268 e. The number of fused-ring (bicyclic) bond motifs is 1. The third-order valence-corrected chi connectivity index (χ3v) is 5.35. The van der Waals surface area contributed by atoms with Crippen molar-refractivity contribution < 1.29 is 13.2 Å². The normalized spacial score (nSPS) is 17.6. The van der Waals surface area contributed by atoms with Gasteiger partial charge in [-0.15, -0.1) is 0 Å². The number of benzene rings is 1. The first-order chi connectivity index (χ1) is 9.50. The second-order valence-electron chi connectivity index (χ2n) is 4.88. The number of hydrogen-bond acceptors (Lipinski definition) is 4. The van der Waals surface area contributed by atoms with Gasteiger partial charge < -0.3 is 0 Å². The van der Waals surface area contributed by atoms with Crippen molar-refractivity contribution in [1.82, 2.24) is 9.29 Å². The van der Waals surface area contributed by atoms with Gasteiger partial charge in [-0.3, -0.25) is 9.78 Å². The van der Waals surface area contributed by atoms with Crippen molar-refractivity contribution in [1.29, 1.82) is 0 Å². The molecule has 2 heterocycles. The highest BCUT2D eigenvalue weighted by atomic mass is 32.2. The van der Waals surface area contributed by atoms with Crippen molar-refractivity contribution >= 4 is 26.8 Å². The lowest BCUT2D eigenvalue weighted by Gasteiger charge is -2.16. The van der Waals surface area contributed by atoms with Gasteiger partial charge in [-0.05, 0) is 31.0 Å². The van der Waals surface area contributed by atoms with Gasteiger partial charge in [0.25, 0.3) is 5.91 Å². The summed E-state index contributed by atoms with van der Waals surface area (Å²) in [6.45, 7) is 2.17. The fraction of sp³-hybridized carbons (Fsp3) is 0.286. The Balaban J connectivity index is 2.16. The summed E-state index contributed by atoms with van der Waals surface area (Å²) in [4.78, 5) is 16.8. The van der Waals surface area contributed by atoms with E-state index >= 15 is 0 Å². The van der Waals surface area contributed by atoms with Gasteiger partial charge in [-0.25, -0.2) is 12.7 Å². The molecule has 2 aromatic rings. The van der Waals surface area contributed by atoms with Crippen LogP contribution in [0.1, 0.15) is 22.3 Å². The SMILES string of the molecule is Cc1ccc(C(=O)N2CCCS2(=O)=O)c2cccnc12. The van der Waals surface area contributed by atoms with E-state index in [2.05, 4.69) is 4.98 Å². The number of nitrogens with zero attached hydrogens (tertiary/aromatic N) is 2. The largest absolute Gasteiger partial charge is 0.268 e. The molecule has 0 bridgehead atoms. The zero-order valence-corrected chi connectivity index (χ0v) is 11.9. The Kier molecular flexibility index (Phi) is 2.97. The molecule has 0 radical (unpaired) electrons.